The number of likely N-dealkylation sites (N-methyl/N-ethyl adjacent to an activating group) is 1. The van der Waals surface area contributed by atoms with Crippen LogP contribution in [-0.2, 0) is 72.0 Å². The summed E-state index contributed by atoms with van der Waals surface area (Å²) in [6.07, 6.45) is 5.81. The molecule has 0 spiro atoms. The molecule has 6 rings (SSSR count). The van der Waals surface area contributed by atoms with Crippen molar-refractivity contribution in [2.45, 2.75) is 160 Å². The first-order chi connectivity index (χ1) is 42.9. The monoisotopic (exact) mass is 1250 g/mol. The number of guanidine groups is 1. The summed E-state index contributed by atoms with van der Waals surface area (Å²) in [5.74, 6) is -7.69. The summed E-state index contributed by atoms with van der Waals surface area (Å²) in [7, 11) is 0. The Labute approximate surface area is 520 Å². The zero-order valence-electron chi connectivity index (χ0n) is 51.2. The molecule has 2 fully saturated rings. The van der Waals surface area contributed by atoms with Gasteiger partial charge in [0, 0.05) is 74.3 Å². The van der Waals surface area contributed by atoms with Crippen LogP contribution in [0.5, 0.6) is 5.75 Å². The molecule has 18 N–H and O–H groups in total. The topological polar surface area (TPSA) is 466 Å². The van der Waals surface area contributed by atoms with E-state index < -0.39 is 108 Å². The van der Waals surface area contributed by atoms with E-state index in [1.54, 1.807) is 45.2 Å². The molecular weight excluding hydrogens is 1170 g/mol. The second-order valence-electron chi connectivity index (χ2n) is 22.9. The molecule has 0 radical (unpaired) electrons. The van der Waals surface area contributed by atoms with E-state index >= 15 is 0 Å². The minimum absolute atomic E-state index is 0.0380. The summed E-state index contributed by atoms with van der Waals surface area (Å²) in [5.41, 5.74) is 7.69. The number of aromatic amines is 2. The van der Waals surface area contributed by atoms with Gasteiger partial charge in [-0.3, -0.25) is 58.1 Å². The largest absolute Gasteiger partial charge is 0.508 e. The Morgan fingerprint density at radius 2 is 1.28 bits per heavy atom. The SMILES string of the molecule is CCNC(=O)[C@@H]1CCCN1C(=O)[C@H](CCCNC(=N)N)NC(=O)[C@H](CC(C)C)NC(=O)[C@@H](CC(C)C)NC(=O)[C@H](Cc1ccc(O)cc1)NC(=O)[C@H](CO)NC(=O)[C@H](Cc1c[nH]c2ccccc12)NC(=O)[C@H](Cc1cnc[nH]1)NC(=O)[C@@H]1CCC(=O)N1.O=CO. The average molecular weight is 1260 g/mol. The quantitative estimate of drug-likeness (QED) is 0.0114. The van der Waals surface area contributed by atoms with Gasteiger partial charge in [-0.15, -0.1) is 0 Å². The fourth-order valence-electron chi connectivity index (χ4n) is 10.5. The first kappa shape index (κ1) is 71.1. The Balaban J connectivity index is 0.00000481. The van der Waals surface area contributed by atoms with E-state index in [1.807, 2.05) is 19.9 Å². The molecule has 0 bridgehead atoms. The smallest absolute Gasteiger partial charge is 0.290 e. The number of phenolic OH excluding ortho intramolecular Hbond substituents is 1. The van der Waals surface area contributed by atoms with E-state index in [0.29, 0.717) is 48.0 Å². The first-order valence-electron chi connectivity index (χ1n) is 30.0. The number of carbonyl (C=O) groups is 11. The molecule has 490 valence electrons. The van der Waals surface area contributed by atoms with Crippen LogP contribution in [0.2, 0.25) is 0 Å². The molecule has 2 aliphatic heterocycles. The van der Waals surface area contributed by atoms with Gasteiger partial charge >= 0.3 is 0 Å². The molecule has 2 saturated heterocycles. The lowest BCUT2D eigenvalue weighted by molar-refractivity contribution is -0.142. The highest BCUT2D eigenvalue weighted by Crippen LogP contribution is 2.22. The molecule has 0 aliphatic carbocycles. The number of nitrogens with one attached hydrogen (secondary N) is 13. The highest BCUT2D eigenvalue weighted by Gasteiger charge is 2.40. The van der Waals surface area contributed by atoms with Gasteiger partial charge in [0.15, 0.2) is 5.96 Å². The number of aromatic nitrogens is 3. The number of aliphatic hydroxyl groups is 1. The minimum Gasteiger partial charge on any atom is -0.508 e. The van der Waals surface area contributed by atoms with Crippen LogP contribution in [0.4, 0.5) is 0 Å². The van der Waals surface area contributed by atoms with Crippen molar-refractivity contribution in [3.05, 3.63) is 84.1 Å². The highest BCUT2D eigenvalue weighted by molar-refractivity contribution is 5.99. The van der Waals surface area contributed by atoms with Gasteiger partial charge in [0.1, 0.15) is 60.1 Å². The second kappa shape index (κ2) is 35.4. The van der Waals surface area contributed by atoms with Crippen molar-refractivity contribution in [1.29, 1.82) is 5.41 Å². The third-order valence-electron chi connectivity index (χ3n) is 14.9. The van der Waals surface area contributed by atoms with Gasteiger partial charge in [0.2, 0.25) is 59.1 Å². The number of nitrogens with two attached hydrogens (primary N) is 1. The maximum atomic E-state index is 14.7. The molecule has 10 amide bonds. The number of amides is 10. The Hall–Kier alpha value is -9.61. The molecular formula is C60H86N16O14. The summed E-state index contributed by atoms with van der Waals surface area (Å²) in [6, 6.07) is 1.56. The number of hydrogen-bond donors (Lipinski definition) is 17. The van der Waals surface area contributed by atoms with Crippen molar-refractivity contribution in [1.82, 2.24) is 73.0 Å². The number of likely N-dealkylation sites (tertiary alicyclic amines) is 1. The van der Waals surface area contributed by atoms with Crippen molar-refractivity contribution in [3.63, 3.8) is 0 Å². The van der Waals surface area contributed by atoms with Crippen LogP contribution >= 0.6 is 0 Å². The number of hydrogen-bond acceptors (Lipinski definition) is 15. The molecule has 4 heterocycles. The Kier molecular flexibility index (Phi) is 28.0. The van der Waals surface area contributed by atoms with Gasteiger partial charge in [-0.2, -0.15) is 0 Å². The molecule has 9 atom stereocenters. The van der Waals surface area contributed by atoms with Gasteiger partial charge in [0.25, 0.3) is 6.47 Å². The predicted octanol–water partition coefficient (Wildman–Crippen LogP) is -1.53. The van der Waals surface area contributed by atoms with Gasteiger partial charge in [-0.25, -0.2) is 4.98 Å². The fraction of sp³-hybridized carbons (Fsp3) is 0.517. The maximum Gasteiger partial charge on any atom is 0.290 e. The molecule has 2 aromatic heterocycles. The van der Waals surface area contributed by atoms with Crippen LogP contribution in [0.1, 0.15) is 103 Å². The lowest BCUT2D eigenvalue weighted by atomic mass is 9.98. The third-order valence-corrected chi connectivity index (χ3v) is 14.9. The molecule has 4 aromatic rings. The lowest BCUT2D eigenvalue weighted by Gasteiger charge is -2.31. The van der Waals surface area contributed by atoms with Crippen LogP contribution in [0.3, 0.4) is 0 Å². The number of carbonyl (C=O) groups excluding carboxylic acids is 10. The van der Waals surface area contributed by atoms with Crippen LogP contribution in [0.15, 0.2) is 67.3 Å². The number of aromatic hydroxyl groups is 1. The van der Waals surface area contributed by atoms with E-state index in [-0.39, 0.29) is 106 Å². The summed E-state index contributed by atoms with van der Waals surface area (Å²) < 4.78 is 0. The Bertz CT molecular complexity index is 3100. The van der Waals surface area contributed by atoms with E-state index in [1.165, 1.54) is 41.7 Å². The molecule has 2 aromatic carbocycles. The molecule has 30 nitrogen and oxygen atoms in total. The number of aliphatic hydroxyl groups excluding tert-OH is 1. The number of fused-ring (bicyclic) bond motifs is 1. The molecule has 30 heteroatoms. The predicted molar refractivity (Wildman–Crippen MR) is 328 cm³/mol. The van der Waals surface area contributed by atoms with Crippen molar-refractivity contribution in [2.24, 2.45) is 17.6 Å². The number of nitrogens with zero attached hydrogens (tertiary/aromatic N) is 2. The molecule has 2 aliphatic rings. The van der Waals surface area contributed by atoms with Crippen LogP contribution < -0.4 is 58.9 Å². The Morgan fingerprint density at radius 3 is 1.83 bits per heavy atom. The zero-order valence-corrected chi connectivity index (χ0v) is 51.2. The number of rotatable bonds is 32. The minimum atomic E-state index is -1.75. The standard InChI is InChI=1S/C59H84N16O12.CH2O2/c1-6-63-57(86)48-14-10-22-75(48)58(87)41(13-9-21-64-59(60)61)68-51(80)42(23-32(2)3)69-52(81)43(24-33(4)5)70-53(82)44(25-34-15-17-37(77)18-16-34)71-56(85)47(30-76)74-54(83)45(26-35-28-65-39-12-8-7-11-38(35)39)72-55(84)46(27-36-29-62-31-66-36)73-50(79)40-19-20-49(78)67-40;2-1-3/h7-8,11-12,15-18,28-29,31-33,40-48,65,76-77H,6,9-10,13-14,19-27,30H2,1-5H3,(H,62,66)(H,63,86)(H,67,78)(H,68,80)(H,69,81)(H,70,82)(H,71,85)(H,72,84)(H,73,79)(H,74,83)(H4,60,61,64);1H,(H,2,3)/t40-,41-,42-,43+,44-,45-,46-,47-,48-;/m0./s1. The van der Waals surface area contributed by atoms with Crippen molar-refractivity contribution in [3.8, 4) is 5.75 Å². The second-order valence-corrected chi connectivity index (χ2v) is 22.9. The van der Waals surface area contributed by atoms with E-state index in [9.17, 15) is 58.2 Å². The number of imidazole rings is 1. The van der Waals surface area contributed by atoms with Gasteiger partial charge in [0.05, 0.1) is 12.9 Å². The average Bonchev–Trinajstić information content (AvgIpc) is 2.16. The molecule has 0 saturated carbocycles. The lowest BCUT2D eigenvalue weighted by Crippen LogP contribution is -2.61. The Morgan fingerprint density at radius 1 is 0.722 bits per heavy atom. The summed E-state index contributed by atoms with van der Waals surface area (Å²) >= 11 is 0. The fourth-order valence-corrected chi connectivity index (χ4v) is 10.5. The van der Waals surface area contributed by atoms with Crippen LogP contribution in [-0.4, -0.2) is 187 Å². The first-order valence-corrected chi connectivity index (χ1v) is 30.0. The van der Waals surface area contributed by atoms with Gasteiger partial charge in [-0.1, -0.05) is 58.0 Å². The number of H-pyrrole nitrogens is 2. The van der Waals surface area contributed by atoms with Crippen molar-refractivity contribution >= 4 is 82.4 Å². The highest BCUT2D eigenvalue weighted by atomic mass is 16.3. The van der Waals surface area contributed by atoms with Gasteiger partial charge < -0.3 is 89.1 Å². The van der Waals surface area contributed by atoms with Crippen molar-refractivity contribution in [2.75, 3.05) is 26.2 Å². The number of phenols is 1. The zero-order chi connectivity index (χ0) is 66.0. The number of para-hydroxylation sites is 1. The normalized spacial score (nSPS) is 16.7. The van der Waals surface area contributed by atoms with Crippen LogP contribution in [0, 0.1) is 17.2 Å². The number of benzene rings is 2. The molecule has 0 unspecified atom stereocenters. The summed E-state index contributed by atoms with van der Waals surface area (Å²) in [4.78, 5) is 160. The molecule has 90 heavy (non-hydrogen) atoms. The van der Waals surface area contributed by atoms with E-state index in [4.69, 9.17) is 21.0 Å². The third kappa shape index (κ3) is 21.9. The van der Waals surface area contributed by atoms with E-state index in [0.717, 1.165) is 5.52 Å². The summed E-state index contributed by atoms with van der Waals surface area (Å²) in [5, 5.41) is 63.0. The van der Waals surface area contributed by atoms with E-state index in [2.05, 4.69) is 68.1 Å². The van der Waals surface area contributed by atoms with Crippen molar-refractivity contribution < 1.29 is 68.1 Å². The maximum absolute atomic E-state index is 14.7. The van der Waals surface area contributed by atoms with Crippen LogP contribution in [0.25, 0.3) is 10.9 Å². The van der Waals surface area contributed by atoms with Gasteiger partial charge in [-0.05, 0) is 93.0 Å². The summed E-state index contributed by atoms with van der Waals surface area (Å²) in [6.45, 7) is 8.62. The number of carboxylic acid groups (broad SMARTS) is 1.